The van der Waals surface area contributed by atoms with Gasteiger partial charge in [-0.2, -0.15) is 0 Å². The molecular formula is C14H11ClFNO3. The minimum absolute atomic E-state index is 0.190. The Morgan fingerprint density at radius 3 is 2.65 bits per heavy atom. The largest absolute Gasteiger partial charge is 0.497 e. The van der Waals surface area contributed by atoms with E-state index in [1.807, 2.05) is 0 Å². The van der Waals surface area contributed by atoms with Crippen molar-refractivity contribution >= 4 is 17.6 Å². The summed E-state index contributed by atoms with van der Waals surface area (Å²) in [5.74, 6) is -0.921. The van der Waals surface area contributed by atoms with E-state index in [1.54, 1.807) is 18.2 Å². The minimum atomic E-state index is -0.768. The van der Waals surface area contributed by atoms with Gasteiger partial charge in [0.25, 0.3) is 0 Å². The SMILES string of the molecule is COC(=O)c1cc(-c2ccc(OC)cc2Cl)ncc1F. The molecule has 0 N–H and O–H groups in total. The lowest BCUT2D eigenvalue weighted by Gasteiger charge is -2.08. The summed E-state index contributed by atoms with van der Waals surface area (Å²) < 4.78 is 23.1. The van der Waals surface area contributed by atoms with Crippen LogP contribution in [0.15, 0.2) is 30.5 Å². The summed E-state index contributed by atoms with van der Waals surface area (Å²) in [5.41, 5.74) is 0.751. The van der Waals surface area contributed by atoms with Crippen molar-refractivity contribution in [3.63, 3.8) is 0 Å². The van der Waals surface area contributed by atoms with E-state index in [-0.39, 0.29) is 5.56 Å². The van der Waals surface area contributed by atoms with Gasteiger partial charge < -0.3 is 9.47 Å². The van der Waals surface area contributed by atoms with Crippen molar-refractivity contribution in [2.75, 3.05) is 14.2 Å². The van der Waals surface area contributed by atoms with Crippen molar-refractivity contribution in [3.05, 3.63) is 46.9 Å². The van der Waals surface area contributed by atoms with Crippen LogP contribution in [0.2, 0.25) is 5.02 Å². The van der Waals surface area contributed by atoms with Crippen LogP contribution in [0.3, 0.4) is 0 Å². The van der Waals surface area contributed by atoms with Gasteiger partial charge in [0, 0.05) is 5.56 Å². The second-order valence-electron chi connectivity index (χ2n) is 3.89. The molecular weight excluding hydrogens is 285 g/mol. The molecule has 0 radical (unpaired) electrons. The molecule has 1 heterocycles. The van der Waals surface area contributed by atoms with Crippen LogP contribution in [0.5, 0.6) is 5.75 Å². The first-order valence-electron chi connectivity index (χ1n) is 5.64. The van der Waals surface area contributed by atoms with Crippen LogP contribution in [0.4, 0.5) is 4.39 Å². The summed E-state index contributed by atoms with van der Waals surface area (Å²) >= 11 is 6.12. The second-order valence-corrected chi connectivity index (χ2v) is 4.29. The standard InChI is InChI=1S/C14H11ClFNO3/c1-19-8-3-4-9(11(15)5-8)13-6-10(14(18)20-2)12(16)7-17-13/h3-7H,1-2H3. The monoisotopic (exact) mass is 295 g/mol. The third-order valence-electron chi connectivity index (χ3n) is 2.71. The molecule has 0 amide bonds. The molecule has 2 aromatic rings. The van der Waals surface area contributed by atoms with E-state index in [1.165, 1.54) is 20.3 Å². The molecule has 6 heteroatoms. The number of carbonyl (C=O) groups excluding carboxylic acids is 1. The van der Waals surface area contributed by atoms with Crippen molar-refractivity contribution < 1.29 is 18.7 Å². The van der Waals surface area contributed by atoms with Gasteiger partial charge in [-0.15, -0.1) is 0 Å². The number of nitrogens with zero attached hydrogens (tertiary/aromatic N) is 1. The number of pyridine rings is 1. The van der Waals surface area contributed by atoms with Crippen LogP contribution in [0, 0.1) is 5.82 Å². The Balaban J connectivity index is 2.51. The zero-order valence-electron chi connectivity index (χ0n) is 10.8. The predicted octanol–water partition coefficient (Wildman–Crippen LogP) is 3.34. The van der Waals surface area contributed by atoms with Crippen LogP contribution in [-0.4, -0.2) is 25.2 Å². The van der Waals surface area contributed by atoms with E-state index in [4.69, 9.17) is 16.3 Å². The second kappa shape index (κ2) is 5.88. The molecule has 104 valence electrons. The Morgan fingerprint density at radius 2 is 2.05 bits per heavy atom. The summed E-state index contributed by atoms with van der Waals surface area (Å²) in [7, 11) is 2.71. The maximum absolute atomic E-state index is 13.5. The number of hydrogen-bond donors (Lipinski definition) is 0. The topological polar surface area (TPSA) is 48.4 Å². The van der Waals surface area contributed by atoms with Crippen LogP contribution >= 0.6 is 11.6 Å². The van der Waals surface area contributed by atoms with Crippen molar-refractivity contribution in [1.29, 1.82) is 0 Å². The number of rotatable bonds is 3. The molecule has 0 aliphatic rings. The van der Waals surface area contributed by atoms with Crippen LogP contribution in [-0.2, 0) is 4.74 Å². The summed E-state index contributed by atoms with van der Waals surface area (Å²) in [4.78, 5) is 15.4. The summed E-state index contributed by atoms with van der Waals surface area (Å²) in [6.07, 6.45) is 0.960. The Hall–Kier alpha value is -2.14. The molecule has 0 atom stereocenters. The van der Waals surface area contributed by atoms with Gasteiger partial charge in [0.15, 0.2) is 5.82 Å². The van der Waals surface area contributed by atoms with Crippen LogP contribution < -0.4 is 4.74 Å². The van der Waals surface area contributed by atoms with Crippen molar-refractivity contribution in [1.82, 2.24) is 4.98 Å². The third-order valence-corrected chi connectivity index (χ3v) is 3.03. The highest BCUT2D eigenvalue weighted by molar-refractivity contribution is 6.33. The van der Waals surface area contributed by atoms with Gasteiger partial charge in [0.05, 0.1) is 36.7 Å². The summed E-state index contributed by atoms with van der Waals surface area (Å²) in [5, 5.41) is 0.388. The molecule has 0 fully saturated rings. The van der Waals surface area contributed by atoms with Gasteiger partial charge in [0.1, 0.15) is 5.75 Å². The first-order valence-corrected chi connectivity index (χ1v) is 6.02. The molecule has 2 rings (SSSR count). The molecule has 0 aliphatic heterocycles. The fourth-order valence-electron chi connectivity index (χ4n) is 1.68. The van der Waals surface area contributed by atoms with E-state index in [0.29, 0.717) is 22.0 Å². The number of halogens is 2. The maximum Gasteiger partial charge on any atom is 0.340 e. The normalized spacial score (nSPS) is 10.2. The van der Waals surface area contributed by atoms with E-state index < -0.39 is 11.8 Å². The van der Waals surface area contributed by atoms with Crippen molar-refractivity contribution in [3.8, 4) is 17.0 Å². The number of hydrogen-bond acceptors (Lipinski definition) is 4. The molecule has 20 heavy (non-hydrogen) atoms. The van der Waals surface area contributed by atoms with E-state index in [9.17, 15) is 9.18 Å². The highest BCUT2D eigenvalue weighted by Gasteiger charge is 2.15. The van der Waals surface area contributed by atoms with Gasteiger partial charge in [0.2, 0.25) is 0 Å². The number of methoxy groups -OCH3 is 2. The van der Waals surface area contributed by atoms with Gasteiger partial charge in [-0.05, 0) is 24.3 Å². The van der Waals surface area contributed by atoms with Crippen LogP contribution in [0.1, 0.15) is 10.4 Å². The van der Waals surface area contributed by atoms with Gasteiger partial charge >= 0.3 is 5.97 Å². The average molecular weight is 296 g/mol. The smallest absolute Gasteiger partial charge is 0.340 e. The highest BCUT2D eigenvalue weighted by Crippen LogP contribution is 2.30. The molecule has 0 bridgehead atoms. The number of esters is 1. The molecule has 0 saturated carbocycles. The van der Waals surface area contributed by atoms with E-state index in [0.717, 1.165) is 6.20 Å². The Kier molecular flexibility index (Phi) is 4.20. The molecule has 1 aromatic carbocycles. The molecule has 0 saturated heterocycles. The zero-order chi connectivity index (χ0) is 14.7. The number of benzene rings is 1. The van der Waals surface area contributed by atoms with Gasteiger partial charge in [-0.25, -0.2) is 9.18 Å². The van der Waals surface area contributed by atoms with Crippen molar-refractivity contribution in [2.45, 2.75) is 0 Å². The predicted molar refractivity (Wildman–Crippen MR) is 72.5 cm³/mol. The lowest BCUT2D eigenvalue weighted by Crippen LogP contribution is -2.05. The maximum atomic E-state index is 13.5. The molecule has 0 unspecified atom stereocenters. The fourth-order valence-corrected chi connectivity index (χ4v) is 1.95. The number of carbonyl (C=O) groups is 1. The summed E-state index contributed by atoms with van der Waals surface area (Å²) in [6.45, 7) is 0. The van der Waals surface area contributed by atoms with Gasteiger partial charge in [-0.3, -0.25) is 4.98 Å². The molecule has 0 aliphatic carbocycles. The molecule has 1 aromatic heterocycles. The summed E-state index contributed by atoms with van der Waals surface area (Å²) in [6, 6.07) is 6.29. The van der Waals surface area contributed by atoms with Gasteiger partial charge in [-0.1, -0.05) is 11.6 Å². The van der Waals surface area contributed by atoms with Crippen molar-refractivity contribution in [2.24, 2.45) is 0 Å². The van der Waals surface area contributed by atoms with E-state index >= 15 is 0 Å². The molecule has 0 spiro atoms. The van der Waals surface area contributed by atoms with E-state index in [2.05, 4.69) is 9.72 Å². The minimum Gasteiger partial charge on any atom is -0.497 e. The third kappa shape index (κ3) is 2.72. The fraction of sp³-hybridized carbons (Fsp3) is 0.143. The number of ether oxygens (including phenoxy) is 2. The molecule has 4 nitrogen and oxygen atoms in total. The Morgan fingerprint density at radius 1 is 1.30 bits per heavy atom. The first-order chi connectivity index (χ1) is 9.56. The highest BCUT2D eigenvalue weighted by atomic mass is 35.5. The lowest BCUT2D eigenvalue weighted by atomic mass is 10.1. The average Bonchev–Trinajstić information content (AvgIpc) is 2.47. The first kappa shape index (κ1) is 14.3. The number of aromatic nitrogens is 1. The Labute approximate surface area is 120 Å². The van der Waals surface area contributed by atoms with Crippen LogP contribution in [0.25, 0.3) is 11.3 Å². The Bertz CT molecular complexity index is 661. The zero-order valence-corrected chi connectivity index (χ0v) is 11.6. The lowest BCUT2D eigenvalue weighted by molar-refractivity contribution is 0.0595. The quantitative estimate of drug-likeness (QED) is 0.815.